The molecule has 4 nitrogen and oxygen atoms in total. The van der Waals surface area contributed by atoms with E-state index in [0.29, 0.717) is 12.4 Å². The highest BCUT2D eigenvalue weighted by atomic mass is 32.1. The molecule has 1 fully saturated rings. The molecule has 2 aromatic heterocycles. The molecule has 0 saturated carbocycles. The van der Waals surface area contributed by atoms with E-state index in [4.69, 9.17) is 0 Å². The van der Waals surface area contributed by atoms with Crippen molar-refractivity contribution < 1.29 is 9.18 Å². The molecule has 1 unspecified atom stereocenters. The van der Waals surface area contributed by atoms with Crippen LogP contribution in [0.4, 0.5) is 4.39 Å². The molecule has 1 atom stereocenters. The maximum Gasteiger partial charge on any atom is 0.263 e. The smallest absolute Gasteiger partial charge is 0.263 e. The zero-order valence-electron chi connectivity index (χ0n) is 14.1. The second-order valence-corrected chi connectivity index (χ2v) is 7.33. The van der Waals surface area contributed by atoms with Crippen LogP contribution < -0.4 is 0 Å². The van der Waals surface area contributed by atoms with E-state index in [1.807, 2.05) is 28.5 Å². The fourth-order valence-electron chi connectivity index (χ4n) is 3.30. The topological polar surface area (TPSA) is 46.1 Å². The minimum Gasteiger partial charge on any atom is -0.337 e. The zero-order valence-corrected chi connectivity index (χ0v) is 15.0. The van der Waals surface area contributed by atoms with Crippen LogP contribution in [-0.4, -0.2) is 33.9 Å². The van der Waals surface area contributed by atoms with Crippen molar-refractivity contribution in [2.24, 2.45) is 0 Å². The summed E-state index contributed by atoms with van der Waals surface area (Å²) in [5, 5.41) is 1.92. The van der Waals surface area contributed by atoms with E-state index in [-0.39, 0.29) is 17.6 Å². The summed E-state index contributed by atoms with van der Waals surface area (Å²) in [6.07, 6.45) is 3.69. The molecule has 26 heavy (non-hydrogen) atoms. The molecule has 132 valence electrons. The van der Waals surface area contributed by atoms with Crippen LogP contribution in [0.1, 0.15) is 34.1 Å². The average molecular weight is 367 g/mol. The fraction of sp³-hybridized carbons (Fsp3) is 0.250. The maximum absolute atomic E-state index is 13.1. The third-order valence-electron chi connectivity index (χ3n) is 4.64. The zero-order chi connectivity index (χ0) is 17.9. The third-order valence-corrected chi connectivity index (χ3v) is 5.50. The van der Waals surface area contributed by atoms with Gasteiger partial charge >= 0.3 is 0 Å². The number of hydrogen-bond donors (Lipinski definition) is 0. The summed E-state index contributed by atoms with van der Waals surface area (Å²) in [7, 11) is 0. The molecule has 0 radical (unpaired) electrons. The number of aromatic nitrogens is 2. The molecular weight excluding hydrogens is 349 g/mol. The summed E-state index contributed by atoms with van der Waals surface area (Å²) in [6, 6.07) is 11.9. The SMILES string of the molecule is O=C(c1cccs1)N1CCCC(c2ccnc(-c3ccc(F)cc3)n2)C1. The minimum atomic E-state index is -0.278. The first-order chi connectivity index (χ1) is 12.7. The van der Waals surface area contributed by atoms with Gasteiger partial charge in [-0.15, -0.1) is 11.3 Å². The Morgan fingerprint density at radius 3 is 2.81 bits per heavy atom. The van der Waals surface area contributed by atoms with Crippen molar-refractivity contribution in [3.8, 4) is 11.4 Å². The van der Waals surface area contributed by atoms with Gasteiger partial charge in [0.05, 0.1) is 4.88 Å². The molecule has 0 aliphatic carbocycles. The van der Waals surface area contributed by atoms with Crippen LogP contribution in [0.15, 0.2) is 54.0 Å². The van der Waals surface area contributed by atoms with Crippen LogP contribution >= 0.6 is 11.3 Å². The molecule has 3 heterocycles. The number of hydrogen-bond acceptors (Lipinski definition) is 4. The van der Waals surface area contributed by atoms with Crippen LogP contribution in [0.2, 0.25) is 0 Å². The van der Waals surface area contributed by atoms with Gasteiger partial charge in [0.1, 0.15) is 5.82 Å². The number of nitrogens with zero attached hydrogens (tertiary/aromatic N) is 3. The van der Waals surface area contributed by atoms with Gasteiger partial charge in [-0.05, 0) is 54.6 Å². The van der Waals surface area contributed by atoms with Gasteiger partial charge in [0.15, 0.2) is 5.82 Å². The van der Waals surface area contributed by atoms with Gasteiger partial charge in [0.25, 0.3) is 5.91 Å². The lowest BCUT2D eigenvalue weighted by Crippen LogP contribution is -2.39. The predicted molar refractivity (Wildman–Crippen MR) is 99.6 cm³/mol. The van der Waals surface area contributed by atoms with Crippen molar-refractivity contribution in [2.75, 3.05) is 13.1 Å². The Bertz CT molecular complexity index is 896. The quantitative estimate of drug-likeness (QED) is 0.691. The standard InChI is InChI=1S/C20H18FN3OS/c21-16-7-5-14(6-8-16)19-22-10-9-17(23-19)15-3-1-11-24(13-15)20(25)18-4-2-12-26-18/h2,4-10,12,15H,1,3,11,13H2. The summed E-state index contributed by atoms with van der Waals surface area (Å²) in [5.74, 6) is 0.594. The Balaban J connectivity index is 1.54. The van der Waals surface area contributed by atoms with Gasteiger partial charge < -0.3 is 4.90 Å². The number of likely N-dealkylation sites (tertiary alicyclic amines) is 1. The van der Waals surface area contributed by atoms with E-state index in [9.17, 15) is 9.18 Å². The largest absolute Gasteiger partial charge is 0.337 e. The van der Waals surface area contributed by atoms with E-state index in [1.54, 1.807) is 18.3 Å². The predicted octanol–water partition coefficient (Wildman–Crippen LogP) is 4.36. The van der Waals surface area contributed by atoms with Gasteiger partial charge in [-0.3, -0.25) is 4.79 Å². The number of benzene rings is 1. The van der Waals surface area contributed by atoms with Gasteiger partial charge in [-0.2, -0.15) is 0 Å². The number of carbonyl (C=O) groups is 1. The normalized spacial score (nSPS) is 17.3. The van der Waals surface area contributed by atoms with Crippen molar-refractivity contribution in [1.82, 2.24) is 14.9 Å². The monoisotopic (exact) mass is 367 g/mol. The molecule has 1 amide bonds. The molecule has 3 aromatic rings. The summed E-state index contributed by atoms with van der Waals surface area (Å²) >= 11 is 1.48. The molecule has 1 aliphatic heterocycles. The summed E-state index contributed by atoms with van der Waals surface area (Å²) in [4.78, 5) is 24.3. The third kappa shape index (κ3) is 3.51. The lowest BCUT2D eigenvalue weighted by molar-refractivity contribution is 0.0711. The first kappa shape index (κ1) is 16.8. The van der Waals surface area contributed by atoms with E-state index in [2.05, 4.69) is 9.97 Å². The van der Waals surface area contributed by atoms with Crippen LogP contribution in [0.3, 0.4) is 0 Å². The minimum absolute atomic E-state index is 0.0949. The molecular formula is C20H18FN3OS. The molecule has 0 bridgehead atoms. The van der Waals surface area contributed by atoms with Crippen molar-refractivity contribution in [3.63, 3.8) is 0 Å². The van der Waals surface area contributed by atoms with Crippen LogP contribution in [0.5, 0.6) is 0 Å². The van der Waals surface area contributed by atoms with E-state index in [1.165, 1.54) is 23.5 Å². The average Bonchev–Trinajstić information content (AvgIpc) is 3.23. The first-order valence-corrected chi connectivity index (χ1v) is 9.50. The van der Waals surface area contributed by atoms with Crippen LogP contribution in [0, 0.1) is 5.82 Å². The number of thiophene rings is 1. The summed E-state index contributed by atoms with van der Waals surface area (Å²) in [5.41, 5.74) is 1.72. The van der Waals surface area contributed by atoms with Crippen LogP contribution in [0.25, 0.3) is 11.4 Å². The number of piperidine rings is 1. The Labute approximate surface area is 155 Å². The lowest BCUT2D eigenvalue weighted by Gasteiger charge is -2.32. The van der Waals surface area contributed by atoms with Crippen molar-refractivity contribution >= 4 is 17.2 Å². The van der Waals surface area contributed by atoms with E-state index in [0.717, 1.165) is 35.5 Å². The Hall–Kier alpha value is -2.60. The molecule has 1 saturated heterocycles. The summed E-state index contributed by atoms with van der Waals surface area (Å²) in [6.45, 7) is 1.44. The number of rotatable bonds is 3. The van der Waals surface area contributed by atoms with Crippen molar-refractivity contribution in [3.05, 3.63) is 70.4 Å². The van der Waals surface area contributed by atoms with E-state index >= 15 is 0 Å². The Kier molecular flexibility index (Phi) is 4.75. The molecule has 6 heteroatoms. The number of halogens is 1. The van der Waals surface area contributed by atoms with Crippen LogP contribution in [-0.2, 0) is 0 Å². The van der Waals surface area contributed by atoms with Gasteiger partial charge in [0.2, 0.25) is 0 Å². The Morgan fingerprint density at radius 2 is 2.04 bits per heavy atom. The highest BCUT2D eigenvalue weighted by Gasteiger charge is 2.27. The second kappa shape index (κ2) is 7.33. The van der Waals surface area contributed by atoms with Gasteiger partial charge in [-0.1, -0.05) is 6.07 Å². The van der Waals surface area contributed by atoms with E-state index < -0.39 is 0 Å². The second-order valence-electron chi connectivity index (χ2n) is 6.38. The molecule has 0 N–H and O–H groups in total. The molecule has 0 spiro atoms. The molecule has 1 aromatic carbocycles. The number of carbonyl (C=O) groups excluding carboxylic acids is 1. The van der Waals surface area contributed by atoms with Crippen molar-refractivity contribution in [1.29, 1.82) is 0 Å². The first-order valence-electron chi connectivity index (χ1n) is 8.62. The van der Waals surface area contributed by atoms with Crippen molar-refractivity contribution in [2.45, 2.75) is 18.8 Å². The highest BCUT2D eigenvalue weighted by molar-refractivity contribution is 7.12. The lowest BCUT2D eigenvalue weighted by atomic mass is 9.94. The highest BCUT2D eigenvalue weighted by Crippen LogP contribution is 2.28. The fourth-order valence-corrected chi connectivity index (χ4v) is 3.99. The summed E-state index contributed by atoms with van der Waals surface area (Å²) < 4.78 is 13.1. The van der Waals surface area contributed by atoms with Gasteiger partial charge in [0, 0.05) is 36.5 Å². The molecule has 1 aliphatic rings. The Morgan fingerprint density at radius 1 is 1.19 bits per heavy atom. The molecule has 4 rings (SSSR count). The number of amides is 1. The maximum atomic E-state index is 13.1. The van der Waals surface area contributed by atoms with Gasteiger partial charge in [-0.25, -0.2) is 14.4 Å².